The molecule has 200 valence electrons. The third-order valence-electron chi connectivity index (χ3n) is 6.70. The average molecular weight is 570 g/mol. The lowest BCUT2D eigenvalue weighted by atomic mass is 9.88. The summed E-state index contributed by atoms with van der Waals surface area (Å²) in [6, 6.07) is 8.41. The number of hydrogen-bond donors (Lipinski definition) is 1. The van der Waals surface area contributed by atoms with Crippen molar-refractivity contribution in [1.82, 2.24) is 14.1 Å². The van der Waals surface area contributed by atoms with Crippen molar-refractivity contribution in [3.63, 3.8) is 0 Å². The molecule has 2 N–H and O–H groups in total. The summed E-state index contributed by atoms with van der Waals surface area (Å²) in [4.78, 5) is 1.72. The molecule has 2 aromatic carbocycles. The molecule has 1 saturated heterocycles. The van der Waals surface area contributed by atoms with Crippen LogP contribution in [-0.2, 0) is 27.1 Å². The third kappa shape index (κ3) is 5.26. The van der Waals surface area contributed by atoms with E-state index in [0.717, 1.165) is 10.00 Å². The van der Waals surface area contributed by atoms with Gasteiger partial charge in [-0.25, -0.2) is 30.7 Å². The largest absolute Gasteiger partial charge is 0.369 e. The van der Waals surface area contributed by atoms with E-state index in [2.05, 4.69) is 5.10 Å². The van der Waals surface area contributed by atoms with Crippen LogP contribution in [0.15, 0.2) is 46.2 Å². The second-order valence-corrected chi connectivity index (χ2v) is 13.4. The van der Waals surface area contributed by atoms with Gasteiger partial charge in [-0.3, -0.25) is 4.68 Å². The zero-order valence-electron chi connectivity index (χ0n) is 20.9. The molecule has 0 bridgehead atoms. The Morgan fingerprint density at radius 1 is 1.08 bits per heavy atom. The van der Waals surface area contributed by atoms with Gasteiger partial charge in [0.1, 0.15) is 5.82 Å². The van der Waals surface area contributed by atoms with Gasteiger partial charge in [0.05, 0.1) is 21.2 Å². The Kier molecular flexibility index (Phi) is 7.43. The Labute approximate surface area is 221 Å². The molecule has 0 aliphatic carbocycles. The maximum Gasteiger partial charge on any atom is 0.242 e. The molecular formula is C24H29ClFN5O4S2. The maximum absolute atomic E-state index is 14.5. The van der Waals surface area contributed by atoms with Crippen LogP contribution >= 0.6 is 11.6 Å². The van der Waals surface area contributed by atoms with E-state index in [0.29, 0.717) is 47.9 Å². The van der Waals surface area contributed by atoms with Crippen molar-refractivity contribution < 1.29 is 21.2 Å². The third-order valence-corrected chi connectivity index (χ3v) is 9.72. The average Bonchev–Trinajstić information content (AvgIpc) is 3.11. The number of aromatic nitrogens is 2. The van der Waals surface area contributed by atoms with Crippen LogP contribution in [0.2, 0.25) is 5.02 Å². The van der Waals surface area contributed by atoms with Crippen molar-refractivity contribution in [2.45, 2.75) is 35.5 Å². The molecule has 1 aromatic heterocycles. The van der Waals surface area contributed by atoms with E-state index in [-0.39, 0.29) is 27.1 Å². The van der Waals surface area contributed by atoms with Crippen LogP contribution in [0.1, 0.15) is 30.1 Å². The highest BCUT2D eigenvalue weighted by Gasteiger charge is 2.31. The quantitative estimate of drug-likeness (QED) is 0.485. The molecular weight excluding hydrogens is 541 g/mol. The highest BCUT2D eigenvalue weighted by molar-refractivity contribution is 7.89. The minimum Gasteiger partial charge on any atom is -0.369 e. The van der Waals surface area contributed by atoms with Crippen LogP contribution in [0.5, 0.6) is 0 Å². The van der Waals surface area contributed by atoms with Crippen LogP contribution in [0, 0.1) is 12.7 Å². The highest BCUT2D eigenvalue weighted by Crippen LogP contribution is 2.41. The van der Waals surface area contributed by atoms with Gasteiger partial charge in [0.25, 0.3) is 0 Å². The Morgan fingerprint density at radius 3 is 2.30 bits per heavy atom. The van der Waals surface area contributed by atoms with Crippen molar-refractivity contribution in [3.05, 3.63) is 58.6 Å². The van der Waals surface area contributed by atoms with E-state index in [4.69, 9.17) is 16.7 Å². The van der Waals surface area contributed by atoms with Crippen molar-refractivity contribution in [3.8, 4) is 11.1 Å². The number of piperidine rings is 1. The molecule has 0 saturated carbocycles. The van der Waals surface area contributed by atoms with Gasteiger partial charge >= 0.3 is 0 Å². The zero-order valence-corrected chi connectivity index (χ0v) is 23.3. The Balaban J connectivity index is 1.78. The minimum absolute atomic E-state index is 0.0322. The summed E-state index contributed by atoms with van der Waals surface area (Å²) >= 11 is 5.90. The molecule has 4 rings (SSSR count). The first-order valence-corrected chi connectivity index (χ1v) is 14.9. The van der Waals surface area contributed by atoms with Crippen LogP contribution in [-0.4, -0.2) is 58.1 Å². The summed E-state index contributed by atoms with van der Waals surface area (Å²) in [6.45, 7) is 2.87. The SMILES string of the molecule is Cc1nn(C)c(C2CCN(c3ccc(Cl)cc3F)CC2)c1-c1cc(S(=O)(=O)N(C)C)ccc1S(N)(=O)=O. The monoisotopic (exact) mass is 569 g/mol. The number of halogens is 2. The smallest absolute Gasteiger partial charge is 0.242 e. The number of sulfonamides is 2. The number of primary sulfonamides is 1. The fourth-order valence-corrected chi connectivity index (χ4v) is 6.75. The van der Waals surface area contributed by atoms with E-state index in [1.807, 2.05) is 4.90 Å². The molecule has 3 aromatic rings. The normalized spacial score (nSPS) is 15.5. The highest BCUT2D eigenvalue weighted by atomic mass is 35.5. The summed E-state index contributed by atoms with van der Waals surface area (Å²) in [5, 5.41) is 10.4. The Morgan fingerprint density at radius 2 is 1.73 bits per heavy atom. The molecule has 0 atom stereocenters. The lowest BCUT2D eigenvalue weighted by Gasteiger charge is -2.34. The van der Waals surface area contributed by atoms with Crippen LogP contribution in [0.3, 0.4) is 0 Å². The second kappa shape index (κ2) is 9.99. The molecule has 0 spiro atoms. The van der Waals surface area contributed by atoms with Crippen LogP contribution in [0.25, 0.3) is 11.1 Å². The first kappa shape index (κ1) is 27.5. The fraction of sp³-hybridized carbons (Fsp3) is 0.375. The van der Waals surface area contributed by atoms with Gasteiger partial charge in [0.2, 0.25) is 20.0 Å². The number of nitrogens with two attached hydrogens (primary N) is 1. The molecule has 13 heteroatoms. The van der Waals surface area contributed by atoms with Gasteiger partial charge in [-0.05, 0) is 56.2 Å². The summed E-state index contributed by atoms with van der Waals surface area (Å²) in [7, 11) is -3.44. The van der Waals surface area contributed by atoms with Crippen LogP contribution in [0.4, 0.5) is 10.1 Å². The molecule has 1 aliphatic heterocycles. The van der Waals surface area contributed by atoms with E-state index < -0.39 is 20.0 Å². The lowest BCUT2D eigenvalue weighted by Crippen LogP contribution is -2.34. The molecule has 0 amide bonds. The lowest BCUT2D eigenvalue weighted by molar-refractivity contribution is 0.473. The van der Waals surface area contributed by atoms with Crippen molar-refractivity contribution >= 4 is 37.3 Å². The number of rotatable bonds is 6. The maximum atomic E-state index is 14.5. The molecule has 1 fully saturated rings. The molecule has 2 heterocycles. The second-order valence-electron chi connectivity index (χ2n) is 9.32. The van der Waals surface area contributed by atoms with E-state index >= 15 is 0 Å². The number of hydrogen-bond acceptors (Lipinski definition) is 6. The molecule has 1 aliphatic rings. The van der Waals surface area contributed by atoms with Gasteiger partial charge in [0.15, 0.2) is 0 Å². The molecule has 0 unspecified atom stereocenters. The standard InChI is InChI=1S/C24H29ClFN5O4S2/c1-15-23(19-14-18(37(34,35)29(2)3)6-8-22(19)36(27,32)33)24(30(4)28-15)16-9-11-31(12-10-16)21-7-5-17(25)13-20(21)26/h5-8,13-14,16H,9-12H2,1-4H3,(H2,27,32,33). The first-order chi connectivity index (χ1) is 17.2. The molecule has 37 heavy (non-hydrogen) atoms. The first-order valence-electron chi connectivity index (χ1n) is 11.5. The van der Waals surface area contributed by atoms with Gasteiger partial charge in [-0.2, -0.15) is 5.10 Å². The number of aryl methyl sites for hydroxylation is 2. The zero-order chi connectivity index (χ0) is 27.3. The fourth-order valence-electron chi connectivity index (χ4n) is 4.93. The van der Waals surface area contributed by atoms with Crippen molar-refractivity contribution in [2.75, 3.05) is 32.1 Å². The van der Waals surface area contributed by atoms with Gasteiger partial charge < -0.3 is 4.90 Å². The predicted molar refractivity (Wildman–Crippen MR) is 141 cm³/mol. The topological polar surface area (TPSA) is 119 Å². The summed E-state index contributed by atoms with van der Waals surface area (Å²) in [6.07, 6.45) is 1.29. The minimum atomic E-state index is -4.18. The van der Waals surface area contributed by atoms with Crippen molar-refractivity contribution in [1.29, 1.82) is 0 Å². The molecule has 9 nitrogen and oxygen atoms in total. The van der Waals surface area contributed by atoms with E-state index in [1.165, 1.54) is 38.4 Å². The number of nitrogens with zero attached hydrogens (tertiary/aromatic N) is 4. The predicted octanol–water partition coefficient (Wildman–Crippen LogP) is 3.47. The van der Waals surface area contributed by atoms with E-state index in [1.54, 1.807) is 30.8 Å². The van der Waals surface area contributed by atoms with Gasteiger partial charge in [-0.15, -0.1) is 0 Å². The summed E-state index contributed by atoms with van der Waals surface area (Å²) in [5.41, 5.74) is 2.53. The van der Waals surface area contributed by atoms with Gasteiger partial charge in [0, 0.05) is 62.0 Å². The Hall–Kier alpha value is -2.51. The van der Waals surface area contributed by atoms with E-state index in [9.17, 15) is 21.2 Å². The summed E-state index contributed by atoms with van der Waals surface area (Å²) in [5.74, 6) is -0.421. The van der Waals surface area contributed by atoms with Gasteiger partial charge in [-0.1, -0.05) is 11.6 Å². The molecule has 0 radical (unpaired) electrons. The number of anilines is 1. The van der Waals surface area contributed by atoms with Crippen molar-refractivity contribution in [2.24, 2.45) is 12.2 Å². The van der Waals surface area contributed by atoms with Crippen LogP contribution < -0.4 is 10.0 Å². The number of benzene rings is 2. The Bertz CT molecular complexity index is 1560. The summed E-state index contributed by atoms with van der Waals surface area (Å²) < 4.78 is 68.0.